The highest BCUT2D eigenvalue weighted by Gasteiger charge is 2.29. The fourth-order valence-electron chi connectivity index (χ4n) is 2.24. The first-order chi connectivity index (χ1) is 11.0. The van der Waals surface area contributed by atoms with Crippen LogP contribution >= 0.6 is 11.8 Å². The number of carboxylic acid groups (broad SMARTS) is 1. The zero-order valence-corrected chi connectivity index (χ0v) is 13.7. The topological polar surface area (TPSA) is 63.1 Å². The number of pyridine rings is 2. The van der Waals surface area contributed by atoms with E-state index in [1.165, 1.54) is 11.8 Å². The molecule has 0 radical (unpaired) electrons. The van der Waals surface area contributed by atoms with Crippen molar-refractivity contribution in [2.24, 2.45) is 0 Å². The molecule has 3 rings (SSSR count). The van der Waals surface area contributed by atoms with Crippen molar-refractivity contribution in [3.63, 3.8) is 0 Å². The van der Waals surface area contributed by atoms with Gasteiger partial charge in [0.15, 0.2) is 0 Å². The van der Waals surface area contributed by atoms with Gasteiger partial charge in [0, 0.05) is 34.4 Å². The highest BCUT2D eigenvalue weighted by Crippen LogP contribution is 2.38. The zero-order valence-electron chi connectivity index (χ0n) is 12.9. The lowest BCUT2D eigenvalue weighted by atomic mass is 10.1. The van der Waals surface area contributed by atoms with Crippen LogP contribution in [0, 0.1) is 0 Å². The van der Waals surface area contributed by atoms with Crippen LogP contribution in [0.25, 0.3) is 22.0 Å². The van der Waals surface area contributed by atoms with Gasteiger partial charge < -0.3 is 5.11 Å². The van der Waals surface area contributed by atoms with Gasteiger partial charge in [-0.25, -0.2) is 0 Å². The van der Waals surface area contributed by atoms with E-state index in [0.29, 0.717) is 0 Å². The number of thioether (sulfide) groups is 1. The third kappa shape index (κ3) is 3.19. The summed E-state index contributed by atoms with van der Waals surface area (Å²) in [5, 5.41) is 10.4. The van der Waals surface area contributed by atoms with Crippen molar-refractivity contribution in [1.29, 1.82) is 0 Å². The Labute approximate surface area is 138 Å². The fraction of sp³-hybridized carbons (Fsp3) is 0.167. The minimum absolute atomic E-state index is 0.831. The van der Waals surface area contributed by atoms with Crippen LogP contribution in [0.3, 0.4) is 0 Å². The van der Waals surface area contributed by atoms with Crippen LogP contribution in [0.5, 0.6) is 0 Å². The monoisotopic (exact) mass is 324 g/mol. The van der Waals surface area contributed by atoms with E-state index in [2.05, 4.69) is 16.0 Å². The number of rotatable bonds is 4. The summed E-state index contributed by atoms with van der Waals surface area (Å²) in [7, 11) is 0. The lowest BCUT2D eigenvalue weighted by Gasteiger charge is -2.20. The molecule has 0 aliphatic carbocycles. The van der Waals surface area contributed by atoms with Crippen molar-refractivity contribution in [2.45, 2.75) is 23.5 Å². The van der Waals surface area contributed by atoms with Gasteiger partial charge in [0.1, 0.15) is 4.75 Å². The first-order valence-corrected chi connectivity index (χ1v) is 8.00. The normalized spacial score (nSPS) is 11.6. The van der Waals surface area contributed by atoms with Crippen molar-refractivity contribution in [2.75, 3.05) is 0 Å². The average molecular weight is 324 g/mol. The molecule has 3 aromatic rings. The van der Waals surface area contributed by atoms with E-state index in [4.69, 9.17) is 0 Å². The first-order valence-electron chi connectivity index (χ1n) is 7.19. The van der Waals surface area contributed by atoms with Gasteiger partial charge in [0.25, 0.3) is 0 Å². The molecule has 2 heterocycles. The first kappa shape index (κ1) is 15.5. The summed E-state index contributed by atoms with van der Waals surface area (Å²) >= 11 is 1.29. The summed E-state index contributed by atoms with van der Waals surface area (Å²) < 4.78 is -0.929. The molecule has 0 bridgehead atoms. The summed E-state index contributed by atoms with van der Waals surface area (Å²) in [6.07, 6.45) is 5.23. The molecule has 0 aliphatic heterocycles. The van der Waals surface area contributed by atoms with Crippen molar-refractivity contribution >= 4 is 28.6 Å². The number of carbonyl (C=O) groups is 1. The molecular formula is C18H16N2O2S. The Hall–Kier alpha value is -2.40. The summed E-state index contributed by atoms with van der Waals surface area (Å²) in [6.45, 7) is 3.38. The van der Waals surface area contributed by atoms with E-state index >= 15 is 0 Å². The maximum atomic E-state index is 11.4. The molecule has 116 valence electrons. The minimum atomic E-state index is -0.929. The van der Waals surface area contributed by atoms with Crippen molar-refractivity contribution in [3.05, 3.63) is 55.0 Å². The molecule has 0 aliphatic rings. The quantitative estimate of drug-likeness (QED) is 0.727. The third-order valence-corrected chi connectivity index (χ3v) is 4.80. The summed E-state index contributed by atoms with van der Waals surface area (Å²) in [6, 6.07) is 11.9. The number of para-hydroxylation sites is 1. The Bertz CT molecular complexity index is 878. The molecule has 0 saturated heterocycles. The summed E-state index contributed by atoms with van der Waals surface area (Å²) in [4.78, 5) is 20.9. The minimum Gasteiger partial charge on any atom is -0.480 e. The van der Waals surface area contributed by atoms with Gasteiger partial charge in [-0.3, -0.25) is 14.8 Å². The van der Waals surface area contributed by atoms with Gasteiger partial charge in [-0.15, -0.1) is 11.8 Å². The second-order valence-electron chi connectivity index (χ2n) is 5.71. The number of aromatic nitrogens is 2. The lowest BCUT2D eigenvalue weighted by molar-refractivity contribution is -0.138. The number of hydrogen-bond acceptors (Lipinski definition) is 4. The molecule has 0 atom stereocenters. The zero-order chi connectivity index (χ0) is 16.4. The number of carboxylic acids is 1. The maximum Gasteiger partial charge on any atom is 0.319 e. The SMILES string of the molecule is CC(C)(Sc1cnccc1-c1cnc2ccccc2c1)C(=O)O. The van der Waals surface area contributed by atoms with Crippen molar-refractivity contribution in [3.8, 4) is 11.1 Å². The smallest absolute Gasteiger partial charge is 0.319 e. The van der Waals surface area contributed by atoms with Crippen molar-refractivity contribution < 1.29 is 9.90 Å². The molecule has 0 unspecified atom stereocenters. The second kappa shape index (κ2) is 6.01. The van der Waals surface area contributed by atoms with Gasteiger partial charge in [-0.1, -0.05) is 18.2 Å². The number of aliphatic carboxylic acids is 1. The Morgan fingerprint density at radius 1 is 1.17 bits per heavy atom. The maximum absolute atomic E-state index is 11.4. The van der Waals surface area contributed by atoms with Crippen LogP contribution in [0.2, 0.25) is 0 Å². The predicted octanol–water partition coefficient (Wildman–Crippen LogP) is 4.25. The van der Waals surface area contributed by atoms with E-state index in [1.807, 2.05) is 36.5 Å². The standard InChI is InChI=1S/C18H16N2O2S/c1-18(2,17(21)22)23-16-11-19-8-7-14(16)13-9-12-5-3-4-6-15(12)20-10-13/h3-11H,1-2H3,(H,21,22). The second-order valence-corrected chi connectivity index (χ2v) is 7.37. The Morgan fingerprint density at radius 2 is 1.96 bits per heavy atom. The molecule has 23 heavy (non-hydrogen) atoms. The molecule has 5 heteroatoms. The molecule has 0 amide bonds. The van der Waals surface area contributed by atoms with Gasteiger partial charge in [-0.2, -0.15) is 0 Å². The predicted molar refractivity (Wildman–Crippen MR) is 92.5 cm³/mol. The van der Waals surface area contributed by atoms with E-state index in [0.717, 1.165) is 26.9 Å². The molecule has 0 spiro atoms. The molecule has 0 saturated carbocycles. The van der Waals surface area contributed by atoms with Gasteiger partial charge in [0.05, 0.1) is 5.52 Å². The molecule has 0 fully saturated rings. The Morgan fingerprint density at radius 3 is 2.74 bits per heavy atom. The number of fused-ring (bicyclic) bond motifs is 1. The van der Waals surface area contributed by atoms with E-state index in [1.54, 1.807) is 26.2 Å². The molecule has 1 aromatic carbocycles. The Kier molecular flexibility index (Phi) is 4.05. The lowest BCUT2D eigenvalue weighted by Crippen LogP contribution is -2.27. The van der Waals surface area contributed by atoms with E-state index < -0.39 is 10.7 Å². The van der Waals surface area contributed by atoms with Crippen molar-refractivity contribution in [1.82, 2.24) is 9.97 Å². The van der Waals surface area contributed by atoms with Crippen LogP contribution in [-0.2, 0) is 4.79 Å². The van der Waals surface area contributed by atoms with Gasteiger partial charge in [0.2, 0.25) is 0 Å². The fourth-order valence-corrected chi connectivity index (χ4v) is 3.28. The molecule has 4 nitrogen and oxygen atoms in total. The number of benzene rings is 1. The average Bonchev–Trinajstić information content (AvgIpc) is 2.54. The molecular weight excluding hydrogens is 308 g/mol. The number of hydrogen-bond donors (Lipinski definition) is 1. The van der Waals surface area contributed by atoms with Crippen LogP contribution in [0.15, 0.2) is 59.9 Å². The molecule has 1 N–H and O–H groups in total. The highest BCUT2D eigenvalue weighted by molar-refractivity contribution is 8.01. The van der Waals surface area contributed by atoms with E-state index in [-0.39, 0.29) is 0 Å². The van der Waals surface area contributed by atoms with Gasteiger partial charge in [-0.05, 0) is 37.6 Å². The highest BCUT2D eigenvalue weighted by atomic mass is 32.2. The molecule has 2 aromatic heterocycles. The summed E-state index contributed by atoms with van der Waals surface area (Å²) in [5.74, 6) is -0.853. The summed E-state index contributed by atoms with van der Waals surface area (Å²) in [5.41, 5.74) is 2.83. The largest absolute Gasteiger partial charge is 0.480 e. The van der Waals surface area contributed by atoms with E-state index in [9.17, 15) is 9.90 Å². The number of nitrogens with zero attached hydrogens (tertiary/aromatic N) is 2. The van der Waals surface area contributed by atoms with Gasteiger partial charge >= 0.3 is 5.97 Å². The van der Waals surface area contributed by atoms with Crippen LogP contribution < -0.4 is 0 Å². The van der Waals surface area contributed by atoms with Crippen LogP contribution in [0.1, 0.15) is 13.8 Å². The Balaban J connectivity index is 2.07. The van der Waals surface area contributed by atoms with Crippen LogP contribution in [-0.4, -0.2) is 25.8 Å². The van der Waals surface area contributed by atoms with Crippen LogP contribution in [0.4, 0.5) is 0 Å². The third-order valence-electron chi connectivity index (χ3n) is 3.57.